The largest absolute Gasteiger partial charge is 0.349 e. The van der Waals surface area contributed by atoms with Gasteiger partial charge in [-0.25, -0.2) is 9.78 Å². The number of imidazole rings is 1. The molecule has 3 rings (SSSR count). The molecule has 1 aromatic heterocycles. The van der Waals surface area contributed by atoms with Gasteiger partial charge in [0, 0.05) is 25.6 Å². The zero-order valence-corrected chi connectivity index (χ0v) is 16.7. The van der Waals surface area contributed by atoms with Gasteiger partial charge in [-0.15, -0.1) is 0 Å². The first-order chi connectivity index (χ1) is 13.7. The summed E-state index contributed by atoms with van der Waals surface area (Å²) in [5.74, 6) is 0.839. The molecule has 1 saturated carbocycles. The second-order valence-corrected chi connectivity index (χ2v) is 7.38. The maximum absolute atomic E-state index is 12.1. The Balaban J connectivity index is 1.35. The summed E-state index contributed by atoms with van der Waals surface area (Å²) in [6, 6.07) is 8.17. The Labute approximate surface area is 166 Å². The molecule has 7 heteroatoms. The molecule has 1 aliphatic carbocycles. The normalized spacial score (nSPS) is 14.8. The van der Waals surface area contributed by atoms with E-state index in [9.17, 15) is 9.59 Å². The van der Waals surface area contributed by atoms with E-state index in [1.165, 1.54) is 19.3 Å². The van der Waals surface area contributed by atoms with E-state index in [1.807, 2.05) is 24.3 Å². The quantitative estimate of drug-likeness (QED) is 0.610. The summed E-state index contributed by atoms with van der Waals surface area (Å²) in [4.78, 5) is 28.6. The van der Waals surface area contributed by atoms with Crippen molar-refractivity contribution >= 4 is 23.0 Å². The SMILES string of the molecule is CCn1c(CNC(=O)CCCNC(=O)NC2CCCCC2)nc2ccccc21. The van der Waals surface area contributed by atoms with Gasteiger partial charge in [0.2, 0.25) is 5.91 Å². The van der Waals surface area contributed by atoms with E-state index in [-0.39, 0.29) is 11.9 Å². The molecule has 28 heavy (non-hydrogen) atoms. The number of hydrogen-bond acceptors (Lipinski definition) is 3. The van der Waals surface area contributed by atoms with E-state index < -0.39 is 0 Å². The van der Waals surface area contributed by atoms with Crippen molar-refractivity contribution in [3.05, 3.63) is 30.1 Å². The Morgan fingerprint density at radius 1 is 1.14 bits per heavy atom. The Bertz CT molecular complexity index is 795. The van der Waals surface area contributed by atoms with Crippen LogP contribution in [0, 0.1) is 0 Å². The molecular weight excluding hydrogens is 354 g/mol. The summed E-state index contributed by atoms with van der Waals surface area (Å²) in [5.41, 5.74) is 2.03. The van der Waals surface area contributed by atoms with E-state index in [2.05, 4.69) is 32.4 Å². The van der Waals surface area contributed by atoms with E-state index in [0.29, 0.717) is 32.0 Å². The summed E-state index contributed by atoms with van der Waals surface area (Å²) < 4.78 is 2.12. The second kappa shape index (κ2) is 10.1. The maximum atomic E-state index is 12.1. The fraction of sp³-hybridized carbons (Fsp3) is 0.571. The minimum atomic E-state index is -0.121. The fourth-order valence-corrected chi connectivity index (χ4v) is 3.81. The highest BCUT2D eigenvalue weighted by Gasteiger charge is 2.15. The Morgan fingerprint density at radius 3 is 2.71 bits per heavy atom. The van der Waals surface area contributed by atoms with Crippen LogP contribution in [0.25, 0.3) is 11.0 Å². The topological polar surface area (TPSA) is 88.0 Å². The number of nitrogens with one attached hydrogen (secondary N) is 3. The predicted molar refractivity (Wildman–Crippen MR) is 110 cm³/mol. The van der Waals surface area contributed by atoms with Crippen LogP contribution < -0.4 is 16.0 Å². The molecule has 2 aromatic rings. The van der Waals surface area contributed by atoms with Crippen LogP contribution in [0.15, 0.2) is 24.3 Å². The molecule has 3 N–H and O–H groups in total. The summed E-state index contributed by atoms with van der Waals surface area (Å²) in [6.45, 7) is 3.80. The number of urea groups is 1. The van der Waals surface area contributed by atoms with Crippen LogP contribution in [0.3, 0.4) is 0 Å². The van der Waals surface area contributed by atoms with Gasteiger partial charge in [-0.05, 0) is 38.3 Å². The third-order valence-corrected chi connectivity index (χ3v) is 5.30. The molecule has 152 valence electrons. The van der Waals surface area contributed by atoms with Gasteiger partial charge in [-0.1, -0.05) is 31.4 Å². The molecule has 0 unspecified atom stereocenters. The van der Waals surface area contributed by atoms with Crippen molar-refractivity contribution in [3.8, 4) is 0 Å². The van der Waals surface area contributed by atoms with Crippen LogP contribution in [0.2, 0.25) is 0 Å². The van der Waals surface area contributed by atoms with Gasteiger partial charge in [0.05, 0.1) is 17.6 Å². The number of nitrogens with zero attached hydrogens (tertiary/aromatic N) is 2. The molecule has 0 atom stereocenters. The molecule has 0 radical (unpaired) electrons. The Hall–Kier alpha value is -2.57. The van der Waals surface area contributed by atoms with Crippen molar-refractivity contribution in [1.29, 1.82) is 0 Å². The Morgan fingerprint density at radius 2 is 1.93 bits per heavy atom. The highest BCUT2D eigenvalue weighted by molar-refractivity contribution is 5.77. The van der Waals surface area contributed by atoms with Crippen molar-refractivity contribution in [2.75, 3.05) is 6.54 Å². The Kier molecular flexibility index (Phi) is 7.28. The molecule has 1 heterocycles. The first-order valence-corrected chi connectivity index (χ1v) is 10.4. The van der Waals surface area contributed by atoms with Crippen molar-refractivity contribution in [3.63, 3.8) is 0 Å². The van der Waals surface area contributed by atoms with Gasteiger partial charge in [0.25, 0.3) is 0 Å². The molecule has 7 nitrogen and oxygen atoms in total. The lowest BCUT2D eigenvalue weighted by Crippen LogP contribution is -2.43. The van der Waals surface area contributed by atoms with E-state index in [4.69, 9.17) is 0 Å². The zero-order valence-electron chi connectivity index (χ0n) is 16.7. The number of carbonyl (C=O) groups is 2. The first kappa shape index (κ1) is 20.2. The van der Waals surface area contributed by atoms with Crippen LogP contribution in [0.1, 0.15) is 57.7 Å². The van der Waals surface area contributed by atoms with Crippen LogP contribution in [0.5, 0.6) is 0 Å². The van der Waals surface area contributed by atoms with Gasteiger partial charge in [0.1, 0.15) is 5.82 Å². The molecule has 1 aliphatic rings. The number of aryl methyl sites for hydroxylation is 1. The zero-order chi connectivity index (χ0) is 19.8. The van der Waals surface area contributed by atoms with Gasteiger partial charge in [0.15, 0.2) is 0 Å². The highest BCUT2D eigenvalue weighted by atomic mass is 16.2. The number of aromatic nitrogens is 2. The number of para-hydroxylation sites is 2. The smallest absolute Gasteiger partial charge is 0.315 e. The standard InChI is InChI=1S/C21H31N5O2/c1-2-26-18-12-7-6-11-17(18)25-19(26)15-23-20(27)13-8-14-22-21(28)24-16-9-4-3-5-10-16/h6-7,11-12,16H,2-5,8-10,13-15H2,1H3,(H,23,27)(H2,22,24,28). The van der Waals surface area contributed by atoms with E-state index >= 15 is 0 Å². The van der Waals surface area contributed by atoms with Crippen LogP contribution >= 0.6 is 0 Å². The van der Waals surface area contributed by atoms with Crippen LogP contribution in [0.4, 0.5) is 4.79 Å². The summed E-state index contributed by atoms with van der Waals surface area (Å²) in [6.07, 6.45) is 6.79. The summed E-state index contributed by atoms with van der Waals surface area (Å²) in [5, 5.41) is 8.80. The number of amides is 3. The minimum Gasteiger partial charge on any atom is -0.349 e. The molecule has 1 fully saturated rings. The first-order valence-electron chi connectivity index (χ1n) is 10.4. The lowest BCUT2D eigenvalue weighted by atomic mass is 9.96. The average Bonchev–Trinajstić information content (AvgIpc) is 3.08. The van der Waals surface area contributed by atoms with Gasteiger partial charge in [-0.2, -0.15) is 0 Å². The summed E-state index contributed by atoms with van der Waals surface area (Å²) >= 11 is 0. The molecule has 0 bridgehead atoms. The van der Waals surface area contributed by atoms with Crippen LogP contribution in [-0.2, 0) is 17.9 Å². The third kappa shape index (κ3) is 5.47. The van der Waals surface area contributed by atoms with Crippen LogP contribution in [-0.4, -0.2) is 34.1 Å². The number of fused-ring (bicyclic) bond motifs is 1. The average molecular weight is 386 g/mol. The molecule has 1 aromatic carbocycles. The van der Waals surface area contributed by atoms with Gasteiger partial charge < -0.3 is 20.5 Å². The lowest BCUT2D eigenvalue weighted by molar-refractivity contribution is -0.121. The summed E-state index contributed by atoms with van der Waals surface area (Å²) in [7, 11) is 0. The lowest BCUT2D eigenvalue weighted by Gasteiger charge is -2.22. The highest BCUT2D eigenvalue weighted by Crippen LogP contribution is 2.17. The monoisotopic (exact) mass is 385 g/mol. The van der Waals surface area contributed by atoms with Crippen molar-refractivity contribution < 1.29 is 9.59 Å². The van der Waals surface area contributed by atoms with Crippen molar-refractivity contribution in [2.24, 2.45) is 0 Å². The number of benzene rings is 1. The molecule has 0 saturated heterocycles. The predicted octanol–water partition coefficient (Wildman–Crippen LogP) is 3.08. The molecule has 0 spiro atoms. The maximum Gasteiger partial charge on any atom is 0.315 e. The van der Waals surface area contributed by atoms with Gasteiger partial charge >= 0.3 is 6.03 Å². The molecule has 3 amide bonds. The van der Waals surface area contributed by atoms with Gasteiger partial charge in [-0.3, -0.25) is 4.79 Å². The minimum absolute atomic E-state index is 0.0239. The molecular formula is C21H31N5O2. The fourth-order valence-electron chi connectivity index (χ4n) is 3.81. The van der Waals surface area contributed by atoms with E-state index in [0.717, 1.165) is 36.2 Å². The van der Waals surface area contributed by atoms with Crippen molar-refractivity contribution in [1.82, 2.24) is 25.5 Å². The number of carbonyl (C=O) groups excluding carboxylic acids is 2. The van der Waals surface area contributed by atoms with E-state index in [1.54, 1.807) is 0 Å². The molecule has 0 aliphatic heterocycles. The number of hydrogen-bond donors (Lipinski definition) is 3. The second-order valence-electron chi connectivity index (χ2n) is 7.38. The third-order valence-electron chi connectivity index (χ3n) is 5.30. The van der Waals surface area contributed by atoms with Crippen molar-refractivity contribution in [2.45, 2.75) is 71.0 Å². The number of rotatable bonds is 8.